The molecule has 0 radical (unpaired) electrons. The van der Waals surface area contributed by atoms with Crippen molar-refractivity contribution in [2.75, 3.05) is 26.9 Å². The molecule has 0 fully saturated rings. The molecule has 33 heavy (non-hydrogen) atoms. The van der Waals surface area contributed by atoms with Crippen LogP contribution in [0.4, 0.5) is 0 Å². The highest BCUT2D eigenvalue weighted by atomic mass is 16.5. The number of nitrogens with one attached hydrogen (secondary N) is 1. The van der Waals surface area contributed by atoms with Crippen molar-refractivity contribution in [3.63, 3.8) is 0 Å². The zero-order valence-electron chi connectivity index (χ0n) is 19.1. The molecule has 0 saturated carbocycles. The predicted octanol–water partition coefficient (Wildman–Crippen LogP) is 2.45. The Hall–Kier alpha value is -3.00. The predicted molar refractivity (Wildman–Crippen MR) is 127 cm³/mol. The lowest BCUT2D eigenvalue weighted by Gasteiger charge is -2.27. The van der Waals surface area contributed by atoms with Gasteiger partial charge >= 0.3 is 0 Å². The lowest BCUT2D eigenvalue weighted by molar-refractivity contribution is -0.137. The molecule has 0 spiro atoms. The molecule has 7 nitrogen and oxygen atoms in total. The van der Waals surface area contributed by atoms with Gasteiger partial charge in [0.15, 0.2) is 0 Å². The Morgan fingerprint density at radius 2 is 1.76 bits per heavy atom. The molecule has 178 valence electrons. The van der Waals surface area contributed by atoms with Crippen molar-refractivity contribution in [3.05, 3.63) is 84.4 Å². The zero-order valence-corrected chi connectivity index (χ0v) is 19.1. The SMILES string of the molecule is C=CCC(CC(=O)N(CCO)Cc1ccccc1)C(=O)NC(COC)C(O)c1ccccc1. The van der Waals surface area contributed by atoms with E-state index in [9.17, 15) is 19.8 Å². The first-order valence-electron chi connectivity index (χ1n) is 11.1. The number of hydrogen-bond donors (Lipinski definition) is 3. The Kier molecular flexibility index (Phi) is 11.3. The van der Waals surface area contributed by atoms with Crippen LogP contribution >= 0.6 is 0 Å². The van der Waals surface area contributed by atoms with Crippen LogP contribution in [0.25, 0.3) is 0 Å². The molecule has 0 aliphatic rings. The summed E-state index contributed by atoms with van der Waals surface area (Å²) in [5.74, 6) is -1.25. The van der Waals surface area contributed by atoms with E-state index in [4.69, 9.17) is 4.74 Å². The molecule has 7 heteroatoms. The number of aliphatic hydroxyl groups excluding tert-OH is 2. The number of rotatable bonds is 14. The summed E-state index contributed by atoms with van der Waals surface area (Å²) in [5.41, 5.74) is 1.60. The molecular formula is C26H34N2O5. The summed E-state index contributed by atoms with van der Waals surface area (Å²) in [7, 11) is 1.50. The van der Waals surface area contributed by atoms with Crippen molar-refractivity contribution in [1.29, 1.82) is 0 Å². The maximum atomic E-state index is 13.1. The Bertz CT molecular complexity index is 860. The number of aliphatic hydroxyl groups is 2. The number of carbonyl (C=O) groups excluding carboxylic acids is 2. The average molecular weight is 455 g/mol. The maximum Gasteiger partial charge on any atom is 0.224 e. The second-order valence-corrected chi connectivity index (χ2v) is 7.88. The highest BCUT2D eigenvalue weighted by Crippen LogP contribution is 2.19. The van der Waals surface area contributed by atoms with Gasteiger partial charge in [-0.1, -0.05) is 66.7 Å². The number of ether oxygens (including phenoxy) is 1. The number of methoxy groups -OCH3 is 1. The van der Waals surface area contributed by atoms with Crippen molar-refractivity contribution in [3.8, 4) is 0 Å². The minimum absolute atomic E-state index is 0.0359. The van der Waals surface area contributed by atoms with E-state index in [1.807, 2.05) is 48.5 Å². The molecule has 0 aliphatic carbocycles. The number of benzene rings is 2. The molecule has 2 rings (SSSR count). The third kappa shape index (κ3) is 8.46. The van der Waals surface area contributed by atoms with Crippen LogP contribution in [0.3, 0.4) is 0 Å². The molecule has 3 N–H and O–H groups in total. The van der Waals surface area contributed by atoms with Crippen LogP contribution in [-0.2, 0) is 20.9 Å². The molecule has 0 saturated heterocycles. The van der Waals surface area contributed by atoms with E-state index >= 15 is 0 Å². The summed E-state index contributed by atoms with van der Waals surface area (Å²) in [6.07, 6.45) is 0.909. The number of nitrogens with zero attached hydrogens (tertiary/aromatic N) is 1. The Morgan fingerprint density at radius 3 is 2.33 bits per heavy atom. The summed E-state index contributed by atoms with van der Waals surface area (Å²) in [5, 5.41) is 23.0. The molecular weight excluding hydrogens is 420 g/mol. The van der Waals surface area contributed by atoms with Crippen molar-refractivity contribution in [2.45, 2.75) is 31.5 Å². The van der Waals surface area contributed by atoms with Crippen molar-refractivity contribution >= 4 is 11.8 Å². The monoisotopic (exact) mass is 454 g/mol. The van der Waals surface area contributed by atoms with Gasteiger partial charge in [-0.25, -0.2) is 0 Å². The van der Waals surface area contributed by atoms with E-state index < -0.39 is 18.1 Å². The summed E-state index contributed by atoms with van der Waals surface area (Å²) in [6.45, 7) is 4.18. The highest BCUT2D eigenvalue weighted by Gasteiger charge is 2.29. The van der Waals surface area contributed by atoms with Crippen molar-refractivity contribution < 1.29 is 24.5 Å². The van der Waals surface area contributed by atoms with Gasteiger partial charge in [0.05, 0.1) is 25.2 Å². The van der Waals surface area contributed by atoms with Gasteiger partial charge in [0.1, 0.15) is 6.10 Å². The van der Waals surface area contributed by atoms with Gasteiger partial charge in [0.25, 0.3) is 0 Å². The van der Waals surface area contributed by atoms with E-state index in [0.29, 0.717) is 18.5 Å². The average Bonchev–Trinajstić information content (AvgIpc) is 2.84. The molecule has 0 aromatic heterocycles. The maximum absolute atomic E-state index is 13.1. The number of amides is 2. The van der Waals surface area contributed by atoms with Gasteiger partial charge in [0, 0.05) is 26.6 Å². The van der Waals surface area contributed by atoms with Crippen LogP contribution in [0.15, 0.2) is 73.3 Å². The first-order valence-corrected chi connectivity index (χ1v) is 11.1. The fourth-order valence-corrected chi connectivity index (χ4v) is 3.61. The van der Waals surface area contributed by atoms with Gasteiger partial charge in [-0.2, -0.15) is 0 Å². The summed E-state index contributed by atoms with van der Waals surface area (Å²) < 4.78 is 5.21. The van der Waals surface area contributed by atoms with E-state index in [1.165, 1.54) is 7.11 Å². The van der Waals surface area contributed by atoms with Crippen molar-refractivity contribution in [2.24, 2.45) is 5.92 Å². The van der Waals surface area contributed by atoms with Crippen LogP contribution in [-0.4, -0.2) is 59.8 Å². The molecule has 0 heterocycles. The smallest absolute Gasteiger partial charge is 0.224 e. The molecule has 3 atom stereocenters. The van der Waals surface area contributed by atoms with Crippen LogP contribution in [0.5, 0.6) is 0 Å². The van der Waals surface area contributed by atoms with Gasteiger partial charge in [-0.15, -0.1) is 6.58 Å². The third-order valence-corrected chi connectivity index (χ3v) is 5.38. The first-order chi connectivity index (χ1) is 16.0. The van der Waals surface area contributed by atoms with Crippen LogP contribution in [0.2, 0.25) is 0 Å². The number of hydrogen-bond acceptors (Lipinski definition) is 5. The minimum Gasteiger partial charge on any atom is -0.395 e. The van der Waals surface area contributed by atoms with Crippen LogP contribution in [0.1, 0.15) is 30.1 Å². The number of carbonyl (C=O) groups is 2. The Labute approximate surface area is 195 Å². The minimum atomic E-state index is -0.959. The summed E-state index contributed by atoms with van der Waals surface area (Å²) >= 11 is 0. The van der Waals surface area contributed by atoms with E-state index in [2.05, 4.69) is 11.9 Å². The van der Waals surface area contributed by atoms with E-state index in [1.54, 1.807) is 23.1 Å². The molecule has 0 aliphatic heterocycles. The van der Waals surface area contributed by atoms with Gasteiger partial charge < -0.3 is 25.2 Å². The second-order valence-electron chi connectivity index (χ2n) is 7.88. The third-order valence-electron chi connectivity index (χ3n) is 5.38. The van der Waals surface area contributed by atoms with Gasteiger partial charge in [-0.3, -0.25) is 9.59 Å². The van der Waals surface area contributed by atoms with Gasteiger partial charge in [-0.05, 0) is 17.5 Å². The quantitative estimate of drug-likeness (QED) is 0.381. The Morgan fingerprint density at radius 1 is 1.12 bits per heavy atom. The summed E-state index contributed by atoms with van der Waals surface area (Å²) in [4.78, 5) is 27.6. The second kappa shape index (κ2) is 14.2. The highest BCUT2D eigenvalue weighted by molar-refractivity contribution is 5.86. The lowest BCUT2D eigenvalue weighted by Crippen LogP contribution is -2.46. The van der Waals surface area contributed by atoms with E-state index in [-0.39, 0.29) is 38.0 Å². The normalized spacial score (nSPS) is 13.5. The molecule has 2 aromatic carbocycles. The van der Waals surface area contributed by atoms with Crippen LogP contribution in [0, 0.1) is 5.92 Å². The molecule has 3 unspecified atom stereocenters. The van der Waals surface area contributed by atoms with Crippen LogP contribution < -0.4 is 5.32 Å². The largest absolute Gasteiger partial charge is 0.395 e. The standard InChI is InChI=1S/C26H34N2O5/c1-3-10-22(17-24(30)28(15-16-29)18-20-11-6-4-7-12-20)26(32)27-23(19-33-2)25(31)21-13-8-5-9-14-21/h3-9,11-14,22-23,25,29,31H,1,10,15-19H2,2H3,(H,27,32). The van der Waals surface area contributed by atoms with Gasteiger partial charge in [0.2, 0.25) is 11.8 Å². The van der Waals surface area contributed by atoms with E-state index in [0.717, 1.165) is 5.56 Å². The first kappa shape index (κ1) is 26.3. The number of allylic oxidation sites excluding steroid dienone is 1. The zero-order chi connectivity index (χ0) is 24.1. The van der Waals surface area contributed by atoms with Crippen molar-refractivity contribution in [1.82, 2.24) is 10.2 Å². The molecule has 2 aromatic rings. The lowest BCUT2D eigenvalue weighted by atomic mass is 9.97. The topological polar surface area (TPSA) is 99.1 Å². The Balaban J connectivity index is 2.09. The fourth-order valence-electron chi connectivity index (χ4n) is 3.61. The molecule has 2 amide bonds. The summed E-state index contributed by atoms with van der Waals surface area (Å²) in [6, 6.07) is 17.8. The molecule has 0 bridgehead atoms. The fraction of sp³-hybridized carbons (Fsp3) is 0.385.